The molecule has 2 aromatic heterocycles. The second-order valence-electron chi connectivity index (χ2n) is 3.65. The van der Waals surface area contributed by atoms with Crippen molar-refractivity contribution in [3.8, 4) is 0 Å². The van der Waals surface area contributed by atoms with Crippen LogP contribution in [-0.2, 0) is 6.54 Å². The van der Waals surface area contributed by atoms with Crippen LogP contribution in [0.1, 0.15) is 30.0 Å². The number of hydrogen-bond acceptors (Lipinski definition) is 5. The minimum atomic E-state index is 0.178. The van der Waals surface area contributed by atoms with Crippen LogP contribution in [0, 0.1) is 6.92 Å². The van der Waals surface area contributed by atoms with Crippen molar-refractivity contribution in [2.45, 2.75) is 26.4 Å². The summed E-state index contributed by atoms with van der Waals surface area (Å²) >= 11 is 0. The van der Waals surface area contributed by atoms with Crippen LogP contribution in [0.25, 0.3) is 0 Å². The van der Waals surface area contributed by atoms with Crippen LogP contribution in [0.2, 0.25) is 0 Å². The molecule has 5 heteroatoms. The summed E-state index contributed by atoms with van der Waals surface area (Å²) in [6.07, 6.45) is 1.79. The third kappa shape index (κ3) is 2.43. The van der Waals surface area contributed by atoms with Crippen molar-refractivity contribution >= 4 is 0 Å². The van der Waals surface area contributed by atoms with Gasteiger partial charge in [0, 0.05) is 18.8 Å². The fourth-order valence-electron chi connectivity index (χ4n) is 1.40. The summed E-state index contributed by atoms with van der Waals surface area (Å²) in [5.74, 6) is 0. The van der Waals surface area contributed by atoms with Crippen LogP contribution in [0.3, 0.4) is 0 Å². The first-order chi connectivity index (χ1) is 7.77. The highest BCUT2D eigenvalue weighted by Crippen LogP contribution is 2.09. The number of aromatic nitrogens is 3. The SMILES string of the molecule is Cc1nonc1CNC(C)c1ccccn1. The van der Waals surface area contributed by atoms with E-state index >= 15 is 0 Å². The maximum absolute atomic E-state index is 4.63. The van der Waals surface area contributed by atoms with Gasteiger partial charge in [0.05, 0.1) is 5.69 Å². The van der Waals surface area contributed by atoms with E-state index in [9.17, 15) is 0 Å². The lowest BCUT2D eigenvalue weighted by molar-refractivity contribution is 0.300. The van der Waals surface area contributed by atoms with E-state index in [0.29, 0.717) is 6.54 Å². The molecule has 0 bridgehead atoms. The first kappa shape index (κ1) is 10.8. The monoisotopic (exact) mass is 218 g/mol. The number of nitrogens with one attached hydrogen (secondary N) is 1. The molecule has 0 saturated carbocycles. The van der Waals surface area contributed by atoms with Crippen LogP contribution in [0.4, 0.5) is 0 Å². The Morgan fingerprint density at radius 2 is 2.25 bits per heavy atom. The minimum Gasteiger partial charge on any atom is -0.303 e. The van der Waals surface area contributed by atoms with Gasteiger partial charge in [-0.05, 0) is 26.0 Å². The fourth-order valence-corrected chi connectivity index (χ4v) is 1.40. The second kappa shape index (κ2) is 4.85. The van der Waals surface area contributed by atoms with Crippen molar-refractivity contribution in [1.29, 1.82) is 0 Å². The zero-order chi connectivity index (χ0) is 11.4. The van der Waals surface area contributed by atoms with Gasteiger partial charge in [0.15, 0.2) is 0 Å². The predicted octanol–water partition coefficient (Wildman–Crippen LogP) is 1.62. The largest absolute Gasteiger partial charge is 0.303 e. The van der Waals surface area contributed by atoms with E-state index in [1.54, 1.807) is 6.20 Å². The maximum Gasteiger partial charge on any atom is 0.121 e. The van der Waals surface area contributed by atoms with E-state index in [-0.39, 0.29) is 6.04 Å². The highest BCUT2D eigenvalue weighted by atomic mass is 16.6. The van der Waals surface area contributed by atoms with Crippen molar-refractivity contribution in [3.05, 3.63) is 41.5 Å². The number of rotatable bonds is 4. The summed E-state index contributed by atoms with van der Waals surface area (Å²) in [6.45, 7) is 4.57. The van der Waals surface area contributed by atoms with Crippen molar-refractivity contribution < 1.29 is 4.63 Å². The van der Waals surface area contributed by atoms with Gasteiger partial charge in [0.1, 0.15) is 11.4 Å². The van der Waals surface area contributed by atoms with Gasteiger partial charge in [-0.3, -0.25) is 4.98 Å². The molecule has 5 nitrogen and oxygen atoms in total. The lowest BCUT2D eigenvalue weighted by Crippen LogP contribution is -2.19. The zero-order valence-corrected chi connectivity index (χ0v) is 9.34. The molecule has 16 heavy (non-hydrogen) atoms. The summed E-state index contributed by atoms with van der Waals surface area (Å²) in [7, 11) is 0. The van der Waals surface area contributed by atoms with Gasteiger partial charge in [-0.15, -0.1) is 0 Å². The molecule has 84 valence electrons. The Kier molecular flexibility index (Phi) is 3.26. The Bertz CT molecular complexity index is 440. The molecule has 1 N–H and O–H groups in total. The van der Waals surface area contributed by atoms with Gasteiger partial charge in [-0.1, -0.05) is 16.4 Å². The van der Waals surface area contributed by atoms with Crippen LogP contribution in [-0.4, -0.2) is 15.3 Å². The van der Waals surface area contributed by atoms with Crippen molar-refractivity contribution in [2.24, 2.45) is 0 Å². The molecule has 0 amide bonds. The molecule has 1 unspecified atom stereocenters. The predicted molar refractivity (Wildman–Crippen MR) is 58.5 cm³/mol. The Balaban J connectivity index is 1.94. The zero-order valence-electron chi connectivity index (χ0n) is 9.34. The van der Waals surface area contributed by atoms with Crippen molar-refractivity contribution in [2.75, 3.05) is 0 Å². The molecule has 0 fully saturated rings. The van der Waals surface area contributed by atoms with Gasteiger partial charge < -0.3 is 5.32 Å². The quantitative estimate of drug-likeness (QED) is 0.844. The molecule has 0 aliphatic carbocycles. The topological polar surface area (TPSA) is 63.8 Å². The van der Waals surface area contributed by atoms with Gasteiger partial charge >= 0.3 is 0 Å². The second-order valence-corrected chi connectivity index (χ2v) is 3.65. The van der Waals surface area contributed by atoms with Crippen molar-refractivity contribution in [3.63, 3.8) is 0 Å². The van der Waals surface area contributed by atoms with Gasteiger partial charge in [-0.2, -0.15) is 0 Å². The standard InChI is InChI=1S/C11H14N4O/c1-8(10-5-3-4-6-12-10)13-7-11-9(2)14-16-15-11/h3-6,8,13H,7H2,1-2H3. The Labute approximate surface area is 93.9 Å². The van der Waals surface area contributed by atoms with E-state index in [1.165, 1.54) is 0 Å². The summed E-state index contributed by atoms with van der Waals surface area (Å²) in [6, 6.07) is 6.05. The van der Waals surface area contributed by atoms with Crippen molar-refractivity contribution in [1.82, 2.24) is 20.6 Å². The third-order valence-corrected chi connectivity index (χ3v) is 2.45. The molecule has 0 spiro atoms. The summed E-state index contributed by atoms with van der Waals surface area (Å²) in [4.78, 5) is 4.28. The smallest absolute Gasteiger partial charge is 0.121 e. The molecule has 2 rings (SSSR count). The molecule has 0 radical (unpaired) electrons. The minimum absolute atomic E-state index is 0.178. The van der Waals surface area contributed by atoms with Crippen LogP contribution in [0.5, 0.6) is 0 Å². The molecular weight excluding hydrogens is 204 g/mol. The molecular formula is C11H14N4O. The van der Waals surface area contributed by atoms with Gasteiger partial charge in [0.2, 0.25) is 0 Å². The average Bonchev–Trinajstić information content (AvgIpc) is 2.73. The lowest BCUT2D eigenvalue weighted by atomic mass is 10.2. The van der Waals surface area contributed by atoms with Gasteiger partial charge in [0.25, 0.3) is 0 Å². The number of pyridine rings is 1. The Morgan fingerprint density at radius 3 is 2.88 bits per heavy atom. The summed E-state index contributed by atoms with van der Waals surface area (Å²) in [5.41, 5.74) is 2.67. The highest BCUT2D eigenvalue weighted by Gasteiger charge is 2.09. The first-order valence-corrected chi connectivity index (χ1v) is 5.19. The van der Waals surface area contributed by atoms with Crippen LogP contribution < -0.4 is 5.32 Å². The molecule has 0 aliphatic rings. The lowest BCUT2D eigenvalue weighted by Gasteiger charge is -2.11. The van der Waals surface area contributed by atoms with Crippen LogP contribution in [0.15, 0.2) is 29.0 Å². The molecule has 1 atom stereocenters. The molecule has 0 aromatic carbocycles. The number of aryl methyl sites for hydroxylation is 1. The summed E-state index contributed by atoms with van der Waals surface area (Å²) in [5, 5.41) is 10.9. The van der Waals surface area contributed by atoms with E-state index in [2.05, 4.69) is 32.2 Å². The maximum atomic E-state index is 4.63. The van der Waals surface area contributed by atoms with E-state index in [4.69, 9.17) is 0 Å². The van der Waals surface area contributed by atoms with E-state index < -0.39 is 0 Å². The molecule has 2 heterocycles. The normalized spacial score (nSPS) is 12.6. The molecule has 2 aromatic rings. The number of nitrogens with zero attached hydrogens (tertiary/aromatic N) is 3. The first-order valence-electron chi connectivity index (χ1n) is 5.19. The Hall–Kier alpha value is -1.75. The Morgan fingerprint density at radius 1 is 1.38 bits per heavy atom. The van der Waals surface area contributed by atoms with Gasteiger partial charge in [-0.25, -0.2) is 4.63 Å². The van der Waals surface area contributed by atoms with Crippen LogP contribution >= 0.6 is 0 Å². The molecule has 0 saturated heterocycles. The summed E-state index contributed by atoms with van der Waals surface area (Å²) < 4.78 is 4.63. The van der Waals surface area contributed by atoms with E-state index in [1.807, 2.05) is 25.1 Å². The third-order valence-electron chi connectivity index (χ3n) is 2.45. The average molecular weight is 218 g/mol. The highest BCUT2D eigenvalue weighted by molar-refractivity contribution is 5.09. The molecule has 0 aliphatic heterocycles. The fraction of sp³-hybridized carbons (Fsp3) is 0.364. The number of hydrogen-bond donors (Lipinski definition) is 1. The van der Waals surface area contributed by atoms with E-state index in [0.717, 1.165) is 17.1 Å².